The van der Waals surface area contributed by atoms with Crippen LogP contribution in [-0.2, 0) is 20.9 Å². The van der Waals surface area contributed by atoms with Crippen LogP contribution in [0.2, 0.25) is 0 Å². The van der Waals surface area contributed by atoms with E-state index in [9.17, 15) is 9.59 Å². The second-order valence-corrected chi connectivity index (χ2v) is 5.15. The standard InChI is InChI=1S/C16H23NO4/c1-13(7-8-16(19)20)9-10-17-15(18)12-21-11-14-5-3-2-4-6-14/h2-6,13H,7-12H2,1H3,(H,17,18)(H,19,20). The van der Waals surface area contributed by atoms with Crippen LogP contribution in [0.3, 0.4) is 0 Å². The normalized spacial score (nSPS) is 11.9. The van der Waals surface area contributed by atoms with Crippen LogP contribution < -0.4 is 5.32 Å². The zero-order valence-electron chi connectivity index (χ0n) is 12.4. The van der Waals surface area contributed by atoms with Gasteiger partial charge >= 0.3 is 5.97 Å². The number of aliphatic carboxylic acids is 1. The van der Waals surface area contributed by atoms with Crippen LogP contribution in [0.1, 0.15) is 31.7 Å². The van der Waals surface area contributed by atoms with Crippen LogP contribution in [0.15, 0.2) is 30.3 Å². The molecule has 1 atom stereocenters. The van der Waals surface area contributed by atoms with Gasteiger partial charge in [-0.3, -0.25) is 9.59 Å². The number of benzene rings is 1. The Bertz CT molecular complexity index is 433. The summed E-state index contributed by atoms with van der Waals surface area (Å²) in [6.45, 7) is 3.00. The van der Waals surface area contributed by atoms with E-state index in [-0.39, 0.29) is 24.9 Å². The number of carbonyl (C=O) groups is 2. The topological polar surface area (TPSA) is 75.6 Å². The highest BCUT2D eigenvalue weighted by atomic mass is 16.5. The van der Waals surface area contributed by atoms with Crippen molar-refractivity contribution in [3.63, 3.8) is 0 Å². The Morgan fingerprint density at radius 1 is 1.24 bits per heavy atom. The second kappa shape index (κ2) is 9.94. The Balaban J connectivity index is 2.05. The summed E-state index contributed by atoms with van der Waals surface area (Å²) < 4.78 is 5.33. The molecule has 0 spiro atoms. The maximum atomic E-state index is 11.6. The minimum Gasteiger partial charge on any atom is -0.481 e. The molecular formula is C16H23NO4. The molecule has 0 saturated carbocycles. The largest absolute Gasteiger partial charge is 0.481 e. The van der Waals surface area contributed by atoms with Crippen LogP contribution in [0.4, 0.5) is 0 Å². The van der Waals surface area contributed by atoms with Gasteiger partial charge in [-0.15, -0.1) is 0 Å². The molecule has 1 aromatic carbocycles. The van der Waals surface area contributed by atoms with Crippen molar-refractivity contribution in [1.82, 2.24) is 5.32 Å². The predicted octanol–water partition coefficient (Wildman–Crippen LogP) is 2.21. The number of ether oxygens (including phenoxy) is 1. The summed E-state index contributed by atoms with van der Waals surface area (Å²) in [4.78, 5) is 22.0. The third kappa shape index (κ3) is 8.81. The molecule has 0 bridgehead atoms. The average molecular weight is 293 g/mol. The molecular weight excluding hydrogens is 270 g/mol. The maximum absolute atomic E-state index is 11.6. The molecule has 5 nitrogen and oxygen atoms in total. The van der Waals surface area contributed by atoms with Crippen molar-refractivity contribution >= 4 is 11.9 Å². The monoisotopic (exact) mass is 293 g/mol. The van der Waals surface area contributed by atoms with Crippen molar-refractivity contribution in [1.29, 1.82) is 0 Å². The fourth-order valence-electron chi connectivity index (χ4n) is 1.86. The molecule has 0 aliphatic rings. The second-order valence-electron chi connectivity index (χ2n) is 5.15. The summed E-state index contributed by atoms with van der Waals surface area (Å²) in [6, 6.07) is 9.68. The minimum atomic E-state index is -0.778. The molecule has 0 aliphatic carbocycles. The van der Waals surface area contributed by atoms with E-state index in [1.807, 2.05) is 37.3 Å². The van der Waals surface area contributed by atoms with Gasteiger partial charge in [-0.1, -0.05) is 37.3 Å². The van der Waals surface area contributed by atoms with Crippen LogP contribution in [0.5, 0.6) is 0 Å². The Labute approximate surface area is 125 Å². The van der Waals surface area contributed by atoms with Crippen LogP contribution >= 0.6 is 0 Å². The van der Waals surface area contributed by atoms with E-state index in [1.54, 1.807) is 0 Å². The van der Waals surface area contributed by atoms with Crippen molar-refractivity contribution in [3.8, 4) is 0 Å². The van der Waals surface area contributed by atoms with Gasteiger partial charge in [-0.05, 0) is 24.3 Å². The maximum Gasteiger partial charge on any atom is 0.303 e. The summed E-state index contributed by atoms with van der Waals surface area (Å²) >= 11 is 0. The summed E-state index contributed by atoms with van der Waals surface area (Å²) in [6.07, 6.45) is 1.59. The first-order valence-electron chi connectivity index (χ1n) is 7.18. The number of carboxylic acids is 1. The smallest absolute Gasteiger partial charge is 0.303 e. The van der Waals surface area contributed by atoms with Crippen molar-refractivity contribution in [2.24, 2.45) is 5.92 Å². The number of rotatable bonds is 10. The summed E-state index contributed by atoms with van der Waals surface area (Å²) in [5.74, 6) is -0.636. The molecule has 1 amide bonds. The Kier molecular flexibility index (Phi) is 8.12. The Hall–Kier alpha value is -1.88. The molecule has 2 N–H and O–H groups in total. The van der Waals surface area contributed by atoms with E-state index in [0.717, 1.165) is 12.0 Å². The van der Waals surface area contributed by atoms with E-state index >= 15 is 0 Å². The molecule has 116 valence electrons. The van der Waals surface area contributed by atoms with Gasteiger partial charge < -0.3 is 15.2 Å². The number of hydrogen-bond donors (Lipinski definition) is 2. The van der Waals surface area contributed by atoms with E-state index in [0.29, 0.717) is 19.6 Å². The van der Waals surface area contributed by atoms with E-state index < -0.39 is 5.97 Å². The fourth-order valence-corrected chi connectivity index (χ4v) is 1.86. The lowest BCUT2D eigenvalue weighted by Gasteiger charge is -2.11. The van der Waals surface area contributed by atoms with Crippen LogP contribution in [-0.4, -0.2) is 30.1 Å². The molecule has 1 rings (SSSR count). The molecule has 0 aromatic heterocycles. The number of amides is 1. The highest BCUT2D eigenvalue weighted by Gasteiger charge is 2.07. The molecule has 0 saturated heterocycles. The molecule has 0 radical (unpaired) electrons. The third-order valence-corrected chi connectivity index (χ3v) is 3.16. The van der Waals surface area contributed by atoms with E-state index in [4.69, 9.17) is 9.84 Å². The van der Waals surface area contributed by atoms with Crippen molar-refractivity contribution in [2.45, 2.75) is 32.8 Å². The van der Waals surface area contributed by atoms with Gasteiger partial charge in [0.1, 0.15) is 6.61 Å². The zero-order valence-corrected chi connectivity index (χ0v) is 12.4. The first-order chi connectivity index (χ1) is 10.1. The highest BCUT2D eigenvalue weighted by Crippen LogP contribution is 2.09. The lowest BCUT2D eigenvalue weighted by molar-refractivity contribution is -0.137. The molecule has 1 aromatic rings. The van der Waals surface area contributed by atoms with Gasteiger partial charge in [0.25, 0.3) is 0 Å². The van der Waals surface area contributed by atoms with Gasteiger partial charge in [0.2, 0.25) is 5.91 Å². The number of nitrogens with one attached hydrogen (secondary N) is 1. The Morgan fingerprint density at radius 3 is 2.62 bits per heavy atom. The summed E-state index contributed by atoms with van der Waals surface area (Å²) in [7, 11) is 0. The average Bonchev–Trinajstić information content (AvgIpc) is 2.46. The molecule has 21 heavy (non-hydrogen) atoms. The van der Waals surface area contributed by atoms with Gasteiger partial charge in [-0.25, -0.2) is 0 Å². The molecule has 1 unspecified atom stereocenters. The van der Waals surface area contributed by atoms with Gasteiger partial charge in [0.05, 0.1) is 6.61 Å². The lowest BCUT2D eigenvalue weighted by atomic mass is 10.0. The first kappa shape index (κ1) is 17.2. The number of carboxylic acid groups (broad SMARTS) is 1. The molecule has 5 heteroatoms. The molecule has 0 aliphatic heterocycles. The predicted molar refractivity (Wildman–Crippen MR) is 79.8 cm³/mol. The first-order valence-corrected chi connectivity index (χ1v) is 7.18. The third-order valence-electron chi connectivity index (χ3n) is 3.16. The minimum absolute atomic E-state index is 0.0401. The highest BCUT2D eigenvalue weighted by molar-refractivity contribution is 5.77. The van der Waals surface area contributed by atoms with Crippen molar-refractivity contribution in [3.05, 3.63) is 35.9 Å². The summed E-state index contributed by atoms with van der Waals surface area (Å²) in [5, 5.41) is 11.4. The number of hydrogen-bond acceptors (Lipinski definition) is 3. The SMILES string of the molecule is CC(CCNC(=O)COCc1ccccc1)CCC(=O)O. The quantitative estimate of drug-likeness (QED) is 0.693. The molecule has 0 heterocycles. The lowest BCUT2D eigenvalue weighted by Crippen LogP contribution is -2.29. The van der Waals surface area contributed by atoms with Crippen molar-refractivity contribution < 1.29 is 19.4 Å². The van der Waals surface area contributed by atoms with E-state index in [2.05, 4.69) is 5.32 Å². The van der Waals surface area contributed by atoms with Gasteiger partial charge in [0, 0.05) is 13.0 Å². The van der Waals surface area contributed by atoms with Gasteiger partial charge in [-0.2, -0.15) is 0 Å². The molecule has 0 fully saturated rings. The number of carbonyl (C=O) groups excluding carboxylic acids is 1. The van der Waals surface area contributed by atoms with Gasteiger partial charge in [0.15, 0.2) is 0 Å². The van der Waals surface area contributed by atoms with Crippen molar-refractivity contribution in [2.75, 3.05) is 13.2 Å². The van der Waals surface area contributed by atoms with Crippen LogP contribution in [0, 0.1) is 5.92 Å². The van der Waals surface area contributed by atoms with Crippen LogP contribution in [0.25, 0.3) is 0 Å². The fraction of sp³-hybridized carbons (Fsp3) is 0.500. The Morgan fingerprint density at radius 2 is 1.95 bits per heavy atom. The summed E-state index contributed by atoms with van der Waals surface area (Å²) in [5.41, 5.74) is 1.03. The van der Waals surface area contributed by atoms with E-state index in [1.165, 1.54) is 0 Å². The zero-order chi connectivity index (χ0) is 15.5.